The van der Waals surface area contributed by atoms with Crippen molar-refractivity contribution in [2.45, 2.75) is 27.2 Å². The zero-order chi connectivity index (χ0) is 17.2. The minimum Gasteiger partial charge on any atom is -0.490 e. The Balaban J connectivity index is 2.25. The number of hydrogen-bond acceptors (Lipinski definition) is 4. The Hall–Kier alpha value is -1.11. The molecule has 0 saturated carbocycles. The fourth-order valence-corrected chi connectivity index (χ4v) is 3.12. The Bertz CT molecular complexity index is 623. The van der Waals surface area contributed by atoms with Crippen LogP contribution in [0.25, 0.3) is 0 Å². The quantitative estimate of drug-likeness (QED) is 0.792. The number of halogens is 2. The summed E-state index contributed by atoms with van der Waals surface area (Å²) in [6.07, 6.45) is 0.400. The molecule has 1 aliphatic heterocycles. The summed E-state index contributed by atoms with van der Waals surface area (Å²) in [5.41, 5.74) is 3.77. The highest BCUT2D eigenvalue weighted by atomic mass is 79.9. The second-order valence-corrected chi connectivity index (χ2v) is 7.78. The van der Waals surface area contributed by atoms with Crippen LogP contribution >= 0.6 is 27.5 Å². The molecule has 0 saturated heterocycles. The van der Waals surface area contributed by atoms with Crippen molar-refractivity contribution in [3.05, 3.63) is 27.2 Å². The first-order valence-electron chi connectivity index (χ1n) is 7.33. The summed E-state index contributed by atoms with van der Waals surface area (Å²) in [4.78, 5) is 11.4. The fraction of sp³-hybridized carbons (Fsp3) is 0.500. The standard InChI is InChI=1S/C16H20BrClN2O3/c1-9-4-13(22)19-20-14(9)10-5-11(17)15(12(18)6-10)23-8-16(2,3)7-21/h5-6,9,21H,4,7-8H2,1-3H3,(H,19,22). The summed E-state index contributed by atoms with van der Waals surface area (Å²) >= 11 is 9.81. The molecule has 1 amide bonds. The van der Waals surface area contributed by atoms with E-state index in [1.165, 1.54) is 0 Å². The van der Waals surface area contributed by atoms with Crippen molar-refractivity contribution in [2.24, 2.45) is 16.4 Å². The lowest BCUT2D eigenvalue weighted by molar-refractivity contribution is -0.121. The molecular weight excluding hydrogens is 384 g/mol. The molecule has 0 aromatic heterocycles. The van der Waals surface area contributed by atoms with E-state index in [0.717, 1.165) is 11.3 Å². The molecule has 1 aromatic rings. The van der Waals surface area contributed by atoms with E-state index in [1.807, 2.05) is 26.8 Å². The molecular formula is C16H20BrClN2O3. The van der Waals surface area contributed by atoms with Gasteiger partial charge in [0.05, 0.1) is 28.4 Å². The van der Waals surface area contributed by atoms with Gasteiger partial charge in [0.15, 0.2) is 5.75 Å². The van der Waals surface area contributed by atoms with Gasteiger partial charge in [0.25, 0.3) is 0 Å². The normalized spacial score (nSPS) is 18.4. The number of carbonyl (C=O) groups is 1. The third-order valence-corrected chi connectivity index (χ3v) is 4.46. The van der Waals surface area contributed by atoms with E-state index in [1.54, 1.807) is 6.07 Å². The van der Waals surface area contributed by atoms with E-state index < -0.39 is 0 Å². The molecule has 1 unspecified atom stereocenters. The van der Waals surface area contributed by atoms with E-state index in [4.69, 9.17) is 16.3 Å². The summed E-state index contributed by atoms with van der Waals surface area (Å²) in [6, 6.07) is 3.65. The highest BCUT2D eigenvalue weighted by molar-refractivity contribution is 9.10. The van der Waals surface area contributed by atoms with Gasteiger partial charge in [-0.1, -0.05) is 32.4 Å². The number of carbonyl (C=O) groups excluding carboxylic acids is 1. The number of benzene rings is 1. The minimum absolute atomic E-state index is 0.0202. The Kier molecular flexibility index (Phi) is 5.70. The van der Waals surface area contributed by atoms with Crippen LogP contribution in [0.1, 0.15) is 32.8 Å². The topological polar surface area (TPSA) is 70.9 Å². The third-order valence-electron chi connectivity index (χ3n) is 3.59. The van der Waals surface area contributed by atoms with Crippen LogP contribution in [0.15, 0.2) is 21.7 Å². The number of aliphatic hydroxyl groups is 1. The molecule has 0 fully saturated rings. The smallest absolute Gasteiger partial charge is 0.240 e. The summed E-state index contributed by atoms with van der Waals surface area (Å²) in [5.74, 6) is 0.467. The molecule has 2 rings (SSSR count). The van der Waals surface area contributed by atoms with Gasteiger partial charge in [-0.2, -0.15) is 5.10 Å². The van der Waals surface area contributed by atoms with Crippen LogP contribution in [0.2, 0.25) is 5.02 Å². The van der Waals surface area contributed by atoms with E-state index >= 15 is 0 Å². The van der Waals surface area contributed by atoms with E-state index in [2.05, 4.69) is 26.5 Å². The molecule has 0 spiro atoms. The number of ether oxygens (including phenoxy) is 1. The molecule has 126 valence electrons. The van der Waals surface area contributed by atoms with E-state index in [9.17, 15) is 9.90 Å². The van der Waals surface area contributed by atoms with Gasteiger partial charge in [0.2, 0.25) is 5.91 Å². The lowest BCUT2D eigenvalue weighted by Crippen LogP contribution is -2.32. The van der Waals surface area contributed by atoms with E-state index in [-0.39, 0.29) is 23.8 Å². The first kappa shape index (κ1) is 18.2. The minimum atomic E-state index is -0.353. The average Bonchev–Trinajstić information content (AvgIpc) is 2.46. The van der Waals surface area contributed by atoms with Crippen LogP contribution in [0, 0.1) is 11.3 Å². The second kappa shape index (κ2) is 7.20. The van der Waals surface area contributed by atoms with Gasteiger partial charge in [-0.3, -0.25) is 4.79 Å². The van der Waals surface area contributed by atoms with Crippen molar-refractivity contribution >= 4 is 39.1 Å². The first-order chi connectivity index (χ1) is 10.7. The molecule has 1 aliphatic rings. The summed E-state index contributed by atoms with van der Waals surface area (Å²) in [6.45, 7) is 6.13. The number of nitrogens with one attached hydrogen (secondary N) is 1. The zero-order valence-electron chi connectivity index (χ0n) is 13.3. The lowest BCUT2D eigenvalue weighted by Gasteiger charge is -2.23. The lowest BCUT2D eigenvalue weighted by atomic mass is 9.94. The van der Waals surface area contributed by atoms with Gasteiger partial charge in [-0.25, -0.2) is 5.43 Å². The fourth-order valence-electron chi connectivity index (χ4n) is 2.16. The van der Waals surface area contributed by atoms with Crippen LogP contribution in [-0.4, -0.2) is 29.9 Å². The maximum absolute atomic E-state index is 11.4. The SMILES string of the molecule is CC1CC(=O)NN=C1c1cc(Cl)c(OCC(C)(C)CO)c(Br)c1. The van der Waals surface area contributed by atoms with Gasteiger partial charge in [0.1, 0.15) is 0 Å². The van der Waals surface area contributed by atoms with Crippen molar-refractivity contribution in [3.63, 3.8) is 0 Å². The van der Waals surface area contributed by atoms with Crippen LogP contribution in [0.4, 0.5) is 0 Å². The van der Waals surface area contributed by atoms with Gasteiger partial charge >= 0.3 is 0 Å². The zero-order valence-corrected chi connectivity index (χ0v) is 15.7. The summed E-state index contributed by atoms with van der Waals surface area (Å²) in [5, 5.41) is 13.9. The van der Waals surface area contributed by atoms with Gasteiger partial charge in [-0.15, -0.1) is 0 Å². The van der Waals surface area contributed by atoms with Crippen LogP contribution < -0.4 is 10.2 Å². The van der Waals surface area contributed by atoms with Crippen molar-refractivity contribution in [1.82, 2.24) is 5.43 Å². The van der Waals surface area contributed by atoms with Crippen molar-refractivity contribution in [3.8, 4) is 5.75 Å². The molecule has 7 heteroatoms. The molecule has 1 aromatic carbocycles. The van der Waals surface area contributed by atoms with Gasteiger partial charge in [-0.05, 0) is 28.1 Å². The maximum Gasteiger partial charge on any atom is 0.240 e. The maximum atomic E-state index is 11.4. The van der Waals surface area contributed by atoms with Crippen molar-refractivity contribution in [1.29, 1.82) is 0 Å². The van der Waals surface area contributed by atoms with Crippen molar-refractivity contribution < 1.29 is 14.6 Å². The Morgan fingerprint density at radius 2 is 2.22 bits per heavy atom. The summed E-state index contributed by atoms with van der Waals surface area (Å²) in [7, 11) is 0. The monoisotopic (exact) mass is 402 g/mol. The predicted molar refractivity (Wildman–Crippen MR) is 94.0 cm³/mol. The number of amides is 1. The highest BCUT2D eigenvalue weighted by Crippen LogP contribution is 2.36. The molecule has 5 nitrogen and oxygen atoms in total. The molecule has 0 aliphatic carbocycles. The molecule has 1 atom stereocenters. The number of nitrogens with zero attached hydrogens (tertiary/aromatic N) is 1. The van der Waals surface area contributed by atoms with Gasteiger partial charge in [0, 0.05) is 23.3 Å². The number of rotatable bonds is 5. The largest absolute Gasteiger partial charge is 0.490 e. The first-order valence-corrected chi connectivity index (χ1v) is 8.50. The van der Waals surface area contributed by atoms with Gasteiger partial charge < -0.3 is 9.84 Å². The molecule has 0 bridgehead atoms. The number of hydrazone groups is 1. The predicted octanol–water partition coefficient (Wildman–Crippen LogP) is 3.36. The van der Waals surface area contributed by atoms with Crippen LogP contribution in [0.3, 0.4) is 0 Å². The molecule has 2 N–H and O–H groups in total. The number of aliphatic hydroxyl groups excluding tert-OH is 1. The third kappa shape index (κ3) is 4.46. The molecule has 1 heterocycles. The second-order valence-electron chi connectivity index (χ2n) is 6.52. The number of hydrogen-bond donors (Lipinski definition) is 2. The Morgan fingerprint density at radius 1 is 1.52 bits per heavy atom. The molecule has 23 heavy (non-hydrogen) atoms. The molecule has 0 radical (unpaired) electrons. The van der Waals surface area contributed by atoms with Crippen molar-refractivity contribution in [2.75, 3.05) is 13.2 Å². The van der Waals surface area contributed by atoms with Crippen LogP contribution in [-0.2, 0) is 4.79 Å². The van der Waals surface area contributed by atoms with Crippen LogP contribution in [0.5, 0.6) is 5.75 Å². The Morgan fingerprint density at radius 3 is 2.78 bits per heavy atom. The van der Waals surface area contributed by atoms with E-state index in [0.29, 0.717) is 28.3 Å². The summed E-state index contributed by atoms with van der Waals surface area (Å²) < 4.78 is 6.47. The average molecular weight is 404 g/mol. The Labute approximate surface area is 149 Å². The highest BCUT2D eigenvalue weighted by Gasteiger charge is 2.24.